The third-order valence-corrected chi connectivity index (χ3v) is 4.09. The van der Waals surface area contributed by atoms with Gasteiger partial charge in [0.25, 0.3) is 0 Å². The van der Waals surface area contributed by atoms with E-state index < -0.39 is 0 Å². The molecule has 0 saturated heterocycles. The summed E-state index contributed by atoms with van der Waals surface area (Å²) >= 11 is 0. The molecule has 1 unspecified atom stereocenters. The molecule has 0 spiro atoms. The van der Waals surface area contributed by atoms with Crippen molar-refractivity contribution in [2.24, 2.45) is 4.99 Å². The normalized spacial score (nSPS) is 15.6. The van der Waals surface area contributed by atoms with E-state index in [9.17, 15) is 9.90 Å². The standard InChI is InChI=1S/C20H24N4O3/c1-2-21-20(22-12-17-11-14-5-3-4-6-18(14)27-17)23-13-19(26)24-15-7-9-16(25)10-8-15/h3-10,17,25H,2,11-13H2,1H3,(H,24,26)(H2,21,22,23). The number of anilines is 1. The van der Waals surface area contributed by atoms with Gasteiger partial charge in [0.05, 0.1) is 6.54 Å². The topological polar surface area (TPSA) is 95.0 Å². The highest BCUT2D eigenvalue weighted by molar-refractivity contribution is 5.94. The van der Waals surface area contributed by atoms with Crippen LogP contribution in [0.25, 0.3) is 0 Å². The number of hydrogen-bond donors (Lipinski definition) is 4. The van der Waals surface area contributed by atoms with Crippen LogP contribution in [0.4, 0.5) is 5.69 Å². The maximum absolute atomic E-state index is 12.1. The first-order chi connectivity index (χ1) is 13.1. The zero-order valence-electron chi connectivity index (χ0n) is 15.2. The van der Waals surface area contributed by atoms with Crippen LogP contribution in [-0.4, -0.2) is 42.7 Å². The average Bonchev–Trinajstić information content (AvgIpc) is 3.09. The number of para-hydroxylation sites is 1. The van der Waals surface area contributed by atoms with E-state index in [4.69, 9.17) is 4.74 Å². The molecular formula is C20H24N4O3. The van der Waals surface area contributed by atoms with Crippen LogP contribution < -0.4 is 20.7 Å². The number of ether oxygens (including phenoxy) is 1. The van der Waals surface area contributed by atoms with Gasteiger partial charge in [-0.3, -0.25) is 4.79 Å². The minimum absolute atomic E-state index is 0.0119. The summed E-state index contributed by atoms with van der Waals surface area (Å²) in [4.78, 5) is 16.4. The Kier molecular flexibility index (Phi) is 6.14. The number of hydrogen-bond acceptors (Lipinski definition) is 4. The first kappa shape index (κ1) is 18.6. The van der Waals surface area contributed by atoms with E-state index in [0.717, 1.165) is 12.2 Å². The fraction of sp³-hybridized carbons (Fsp3) is 0.300. The summed E-state index contributed by atoms with van der Waals surface area (Å²) in [6, 6.07) is 14.3. The van der Waals surface area contributed by atoms with Crippen molar-refractivity contribution < 1.29 is 14.6 Å². The number of benzene rings is 2. The van der Waals surface area contributed by atoms with Gasteiger partial charge in [0.1, 0.15) is 24.1 Å². The number of guanidine groups is 1. The Labute approximate surface area is 158 Å². The Hall–Kier alpha value is -3.22. The van der Waals surface area contributed by atoms with E-state index in [2.05, 4.69) is 27.0 Å². The van der Waals surface area contributed by atoms with Gasteiger partial charge in [0.15, 0.2) is 5.96 Å². The van der Waals surface area contributed by atoms with Crippen molar-refractivity contribution in [2.45, 2.75) is 19.4 Å². The third-order valence-electron chi connectivity index (χ3n) is 4.09. The number of phenols is 1. The lowest BCUT2D eigenvalue weighted by atomic mass is 10.1. The van der Waals surface area contributed by atoms with Crippen molar-refractivity contribution in [2.75, 3.05) is 25.0 Å². The van der Waals surface area contributed by atoms with E-state index in [1.165, 1.54) is 17.7 Å². The van der Waals surface area contributed by atoms with Crippen LogP contribution >= 0.6 is 0 Å². The minimum atomic E-state index is -0.234. The molecule has 4 N–H and O–H groups in total. The second-order valence-electron chi connectivity index (χ2n) is 6.22. The summed E-state index contributed by atoms with van der Waals surface area (Å²) in [6.45, 7) is 3.24. The van der Waals surface area contributed by atoms with Crippen molar-refractivity contribution >= 4 is 17.6 Å². The second-order valence-corrected chi connectivity index (χ2v) is 6.22. The lowest BCUT2D eigenvalue weighted by molar-refractivity contribution is -0.114. The molecule has 2 aromatic carbocycles. The Morgan fingerprint density at radius 3 is 2.70 bits per heavy atom. The van der Waals surface area contributed by atoms with Crippen LogP contribution in [0, 0.1) is 0 Å². The first-order valence-corrected chi connectivity index (χ1v) is 8.99. The molecule has 1 aliphatic rings. The molecular weight excluding hydrogens is 344 g/mol. The highest BCUT2D eigenvalue weighted by Crippen LogP contribution is 2.27. The van der Waals surface area contributed by atoms with Gasteiger partial charge in [0.2, 0.25) is 5.91 Å². The van der Waals surface area contributed by atoms with Crippen molar-refractivity contribution in [1.29, 1.82) is 0 Å². The summed E-state index contributed by atoms with van der Waals surface area (Å²) in [5.41, 5.74) is 1.82. The number of aliphatic imine (C=N–C) groups is 1. The van der Waals surface area contributed by atoms with Crippen LogP contribution in [-0.2, 0) is 11.2 Å². The van der Waals surface area contributed by atoms with Gasteiger partial charge < -0.3 is 25.8 Å². The summed E-state index contributed by atoms with van der Waals surface area (Å²) < 4.78 is 5.90. The molecule has 1 aliphatic heterocycles. The number of nitrogens with one attached hydrogen (secondary N) is 3. The predicted octanol–water partition coefficient (Wildman–Crippen LogP) is 1.89. The van der Waals surface area contributed by atoms with E-state index in [1.54, 1.807) is 12.1 Å². The predicted molar refractivity (Wildman–Crippen MR) is 105 cm³/mol. The van der Waals surface area contributed by atoms with Crippen LogP contribution in [0.1, 0.15) is 12.5 Å². The number of carbonyl (C=O) groups excluding carboxylic acids is 1. The summed E-state index contributed by atoms with van der Waals surface area (Å²) in [6.07, 6.45) is 0.890. The van der Waals surface area contributed by atoms with Crippen molar-refractivity contribution in [3.8, 4) is 11.5 Å². The zero-order valence-corrected chi connectivity index (χ0v) is 15.2. The molecule has 3 rings (SSSR count). The van der Waals surface area contributed by atoms with E-state index in [0.29, 0.717) is 24.7 Å². The molecule has 1 heterocycles. The molecule has 2 aromatic rings. The largest absolute Gasteiger partial charge is 0.508 e. The highest BCUT2D eigenvalue weighted by atomic mass is 16.5. The molecule has 27 heavy (non-hydrogen) atoms. The molecule has 1 atom stereocenters. The maximum atomic E-state index is 12.1. The molecule has 1 amide bonds. The lowest BCUT2D eigenvalue weighted by Gasteiger charge is -2.15. The van der Waals surface area contributed by atoms with Gasteiger partial charge in [-0.25, -0.2) is 4.99 Å². The Morgan fingerprint density at radius 1 is 1.19 bits per heavy atom. The number of fused-ring (bicyclic) bond motifs is 1. The minimum Gasteiger partial charge on any atom is -0.508 e. The van der Waals surface area contributed by atoms with Crippen LogP contribution in [0.5, 0.6) is 11.5 Å². The quantitative estimate of drug-likeness (QED) is 0.355. The van der Waals surface area contributed by atoms with E-state index in [-0.39, 0.29) is 24.3 Å². The van der Waals surface area contributed by atoms with Gasteiger partial charge in [-0.1, -0.05) is 18.2 Å². The van der Waals surface area contributed by atoms with Crippen molar-refractivity contribution in [3.05, 3.63) is 54.1 Å². The van der Waals surface area contributed by atoms with E-state index >= 15 is 0 Å². The summed E-state index contributed by atoms with van der Waals surface area (Å²) in [5.74, 6) is 1.42. The molecule has 0 aromatic heterocycles. The second kappa shape index (κ2) is 8.93. The fourth-order valence-corrected chi connectivity index (χ4v) is 2.82. The molecule has 7 nitrogen and oxygen atoms in total. The van der Waals surface area contributed by atoms with Crippen molar-refractivity contribution in [3.63, 3.8) is 0 Å². The zero-order chi connectivity index (χ0) is 19.1. The Balaban J connectivity index is 1.49. The Morgan fingerprint density at radius 2 is 1.96 bits per heavy atom. The average molecular weight is 368 g/mol. The number of amides is 1. The third kappa shape index (κ3) is 5.37. The van der Waals surface area contributed by atoms with Crippen LogP contribution in [0.15, 0.2) is 53.5 Å². The molecule has 0 radical (unpaired) electrons. The van der Waals surface area contributed by atoms with Gasteiger partial charge >= 0.3 is 0 Å². The number of carbonyl (C=O) groups is 1. The van der Waals surface area contributed by atoms with Gasteiger partial charge in [-0.05, 0) is 42.8 Å². The lowest BCUT2D eigenvalue weighted by Crippen LogP contribution is -2.42. The SMILES string of the molecule is CCNC(=NCC(=O)Nc1ccc(O)cc1)NCC1Cc2ccccc2O1. The summed E-state index contributed by atoms with van der Waals surface area (Å²) in [7, 11) is 0. The molecule has 0 fully saturated rings. The number of phenolic OH excluding ortho intramolecular Hbond substituents is 1. The molecule has 0 bridgehead atoms. The molecule has 142 valence electrons. The van der Waals surface area contributed by atoms with Gasteiger partial charge in [-0.15, -0.1) is 0 Å². The number of nitrogens with zero attached hydrogens (tertiary/aromatic N) is 1. The van der Waals surface area contributed by atoms with Gasteiger partial charge in [-0.2, -0.15) is 0 Å². The van der Waals surface area contributed by atoms with Crippen LogP contribution in [0.2, 0.25) is 0 Å². The Bertz CT molecular complexity index is 780. The van der Waals surface area contributed by atoms with Crippen LogP contribution in [0.3, 0.4) is 0 Å². The summed E-state index contributed by atoms with van der Waals surface area (Å²) in [5, 5.41) is 18.4. The molecule has 7 heteroatoms. The fourth-order valence-electron chi connectivity index (χ4n) is 2.82. The highest BCUT2D eigenvalue weighted by Gasteiger charge is 2.22. The first-order valence-electron chi connectivity index (χ1n) is 8.99. The molecule has 0 saturated carbocycles. The number of rotatable bonds is 6. The van der Waals surface area contributed by atoms with E-state index in [1.807, 2.05) is 25.1 Å². The molecule has 0 aliphatic carbocycles. The number of aromatic hydroxyl groups is 1. The smallest absolute Gasteiger partial charge is 0.246 e. The maximum Gasteiger partial charge on any atom is 0.246 e. The monoisotopic (exact) mass is 368 g/mol. The van der Waals surface area contributed by atoms with Crippen molar-refractivity contribution in [1.82, 2.24) is 10.6 Å². The van der Waals surface area contributed by atoms with Gasteiger partial charge in [0, 0.05) is 18.7 Å².